The molecule has 0 bridgehead atoms. The van der Waals surface area contributed by atoms with E-state index in [1.165, 1.54) is 25.9 Å². The van der Waals surface area contributed by atoms with Gasteiger partial charge < -0.3 is 4.48 Å². The van der Waals surface area contributed by atoms with Gasteiger partial charge in [0.25, 0.3) is 0 Å². The molecule has 0 aliphatic rings. The molecule has 100 valence electrons. The van der Waals surface area contributed by atoms with Gasteiger partial charge in [0, 0.05) is 0 Å². The fraction of sp³-hybridized carbons (Fsp3) is 0.750. The summed E-state index contributed by atoms with van der Waals surface area (Å²) < 4.78 is 1.14. The Bertz CT molecular complexity index is 192. The predicted molar refractivity (Wildman–Crippen MR) is 79.0 cm³/mol. The first-order valence-corrected chi connectivity index (χ1v) is 7.02. The maximum Gasteiger partial charge on any atom is 0.0973 e. The third-order valence-electron chi connectivity index (χ3n) is 3.39. The minimum Gasteiger partial charge on any atom is -0.317 e. The molecule has 1 nitrogen and oxygen atoms in total. The van der Waals surface area contributed by atoms with Crippen LogP contribution in [0.5, 0.6) is 0 Å². The smallest absolute Gasteiger partial charge is 0.0973 e. The van der Waals surface area contributed by atoms with E-state index in [1.54, 1.807) is 0 Å². The summed E-state index contributed by atoms with van der Waals surface area (Å²) in [6, 6.07) is 0. The molecule has 17 heavy (non-hydrogen) atoms. The van der Waals surface area contributed by atoms with Gasteiger partial charge >= 0.3 is 0 Å². The monoisotopic (exact) mass is 238 g/mol. The molecule has 0 aliphatic heterocycles. The van der Waals surface area contributed by atoms with Crippen LogP contribution in [0.3, 0.4) is 0 Å². The lowest BCUT2D eigenvalue weighted by Gasteiger charge is -2.38. The molecule has 0 fully saturated rings. The lowest BCUT2D eigenvalue weighted by atomic mass is 10.1. The van der Waals surface area contributed by atoms with E-state index in [1.807, 2.05) is 0 Å². The molecule has 0 aliphatic carbocycles. The van der Waals surface area contributed by atoms with Crippen LogP contribution in [0.2, 0.25) is 0 Å². The van der Waals surface area contributed by atoms with Crippen molar-refractivity contribution in [2.24, 2.45) is 11.8 Å². The van der Waals surface area contributed by atoms with E-state index in [0.717, 1.165) is 29.4 Å². The minimum absolute atomic E-state index is 0.779. The quantitative estimate of drug-likeness (QED) is 0.394. The van der Waals surface area contributed by atoms with Crippen LogP contribution in [0.1, 0.15) is 40.5 Å². The van der Waals surface area contributed by atoms with E-state index in [0.29, 0.717) is 0 Å². The molecule has 0 aromatic rings. The first-order valence-electron chi connectivity index (χ1n) is 7.02. The zero-order valence-corrected chi connectivity index (χ0v) is 12.4. The molecule has 1 heteroatoms. The van der Waals surface area contributed by atoms with Gasteiger partial charge in [-0.3, -0.25) is 0 Å². The molecule has 0 aromatic heterocycles. The van der Waals surface area contributed by atoms with Gasteiger partial charge in [-0.15, -0.1) is 0 Å². The van der Waals surface area contributed by atoms with E-state index in [4.69, 9.17) is 0 Å². The van der Waals surface area contributed by atoms with Gasteiger partial charge in [-0.25, -0.2) is 0 Å². The fourth-order valence-corrected chi connectivity index (χ4v) is 2.16. The Morgan fingerprint density at radius 3 is 1.41 bits per heavy atom. The minimum atomic E-state index is 0.779. The Kier molecular flexibility index (Phi) is 8.24. The fourth-order valence-electron chi connectivity index (χ4n) is 2.16. The van der Waals surface area contributed by atoms with E-state index in [-0.39, 0.29) is 0 Å². The van der Waals surface area contributed by atoms with Crippen molar-refractivity contribution in [1.82, 2.24) is 0 Å². The molecule has 0 heterocycles. The number of hydrogen-bond donors (Lipinski definition) is 0. The summed E-state index contributed by atoms with van der Waals surface area (Å²) in [6.45, 7) is 21.7. The molecule has 0 rings (SSSR count). The molecule has 0 saturated carbocycles. The van der Waals surface area contributed by atoms with Crippen molar-refractivity contribution in [2.45, 2.75) is 40.5 Å². The topological polar surface area (TPSA) is 0 Å². The van der Waals surface area contributed by atoms with E-state index >= 15 is 0 Å². The van der Waals surface area contributed by atoms with Gasteiger partial charge in [-0.2, -0.15) is 0 Å². The molecule has 0 atom stereocenters. The van der Waals surface area contributed by atoms with E-state index < -0.39 is 0 Å². The normalized spacial score (nSPS) is 12.1. The van der Waals surface area contributed by atoms with E-state index in [9.17, 15) is 0 Å². The molecular formula is C16H32N+. The zero-order chi connectivity index (χ0) is 13.3. The number of quaternary nitrogens is 1. The summed E-state index contributed by atoms with van der Waals surface area (Å²) in [5, 5.41) is 0. The highest BCUT2D eigenvalue weighted by Crippen LogP contribution is 2.16. The Hall–Kier alpha value is -0.560. The third-order valence-corrected chi connectivity index (χ3v) is 3.39. The maximum atomic E-state index is 3.93. The molecule has 0 spiro atoms. The van der Waals surface area contributed by atoms with Crippen molar-refractivity contribution < 1.29 is 4.48 Å². The van der Waals surface area contributed by atoms with E-state index in [2.05, 4.69) is 53.0 Å². The zero-order valence-electron chi connectivity index (χ0n) is 12.4. The standard InChI is InChI=1S/C16H32N/c1-7-11-17(12-8-2,13-9-15(3)4)14-10-16(5)6/h7-8,15-16H,1-2,9-14H2,3-6H3/q+1. The summed E-state index contributed by atoms with van der Waals surface area (Å²) in [6.07, 6.45) is 6.73. The van der Waals surface area contributed by atoms with Gasteiger partial charge in [-0.1, -0.05) is 40.9 Å². The van der Waals surface area contributed by atoms with Crippen LogP contribution in [0.4, 0.5) is 0 Å². The molecule has 0 N–H and O–H groups in total. The Morgan fingerprint density at radius 1 is 0.824 bits per heavy atom. The van der Waals surface area contributed by atoms with Crippen molar-refractivity contribution >= 4 is 0 Å². The Labute approximate surface area is 109 Å². The Balaban J connectivity index is 4.57. The number of nitrogens with zero attached hydrogens (tertiary/aromatic N) is 1. The average molecular weight is 238 g/mol. The van der Waals surface area contributed by atoms with Crippen LogP contribution >= 0.6 is 0 Å². The third kappa shape index (κ3) is 7.38. The molecule has 0 saturated heterocycles. The van der Waals surface area contributed by atoms with Crippen LogP contribution in [0.25, 0.3) is 0 Å². The number of rotatable bonds is 10. The summed E-state index contributed by atoms with van der Waals surface area (Å²) >= 11 is 0. The predicted octanol–water partition coefficient (Wildman–Crippen LogP) is 4.27. The second kappa shape index (κ2) is 8.52. The first-order chi connectivity index (χ1) is 7.95. The van der Waals surface area contributed by atoms with Crippen LogP contribution in [0, 0.1) is 11.8 Å². The van der Waals surface area contributed by atoms with Gasteiger partial charge in [0.2, 0.25) is 0 Å². The first kappa shape index (κ1) is 16.4. The molecule has 0 unspecified atom stereocenters. The largest absolute Gasteiger partial charge is 0.317 e. The maximum absolute atomic E-state index is 3.93. The van der Waals surface area contributed by atoms with Gasteiger partial charge in [0.05, 0.1) is 26.2 Å². The SMILES string of the molecule is C=CC[N+](CC=C)(CCC(C)C)CCC(C)C. The van der Waals surface area contributed by atoms with Crippen molar-refractivity contribution in [1.29, 1.82) is 0 Å². The average Bonchev–Trinajstić information content (AvgIpc) is 2.24. The molecular weight excluding hydrogens is 206 g/mol. The lowest BCUT2D eigenvalue weighted by molar-refractivity contribution is -0.918. The molecule has 0 aromatic carbocycles. The summed E-state index contributed by atoms with van der Waals surface area (Å²) in [4.78, 5) is 0. The molecule has 0 amide bonds. The van der Waals surface area contributed by atoms with Gasteiger partial charge in [0.15, 0.2) is 0 Å². The second-order valence-corrected chi connectivity index (χ2v) is 6.10. The second-order valence-electron chi connectivity index (χ2n) is 6.10. The van der Waals surface area contributed by atoms with Crippen LogP contribution < -0.4 is 0 Å². The van der Waals surface area contributed by atoms with Crippen molar-refractivity contribution in [2.75, 3.05) is 26.2 Å². The summed E-state index contributed by atoms with van der Waals surface area (Å²) in [7, 11) is 0. The molecule has 0 radical (unpaired) electrons. The summed E-state index contributed by atoms with van der Waals surface area (Å²) in [5.41, 5.74) is 0. The van der Waals surface area contributed by atoms with Crippen LogP contribution in [0.15, 0.2) is 25.3 Å². The van der Waals surface area contributed by atoms with Crippen molar-refractivity contribution in [3.05, 3.63) is 25.3 Å². The van der Waals surface area contributed by atoms with Crippen LogP contribution in [-0.4, -0.2) is 30.7 Å². The van der Waals surface area contributed by atoms with Crippen molar-refractivity contribution in [3.63, 3.8) is 0 Å². The van der Waals surface area contributed by atoms with Crippen molar-refractivity contribution in [3.8, 4) is 0 Å². The highest BCUT2D eigenvalue weighted by Gasteiger charge is 2.24. The van der Waals surface area contributed by atoms with Crippen LogP contribution in [-0.2, 0) is 0 Å². The van der Waals surface area contributed by atoms with Gasteiger partial charge in [0.1, 0.15) is 0 Å². The summed E-state index contributed by atoms with van der Waals surface area (Å²) in [5.74, 6) is 1.56. The van der Waals surface area contributed by atoms with Gasteiger partial charge in [-0.05, 0) is 36.8 Å². The lowest BCUT2D eigenvalue weighted by Crippen LogP contribution is -2.50. The highest BCUT2D eigenvalue weighted by molar-refractivity contribution is 4.72. The Morgan fingerprint density at radius 2 is 1.18 bits per heavy atom. The highest BCUT2D eigenvalue weighted by atomic mass is 15.3. The number of hydrogen-bond acceptors (Lipinski definition) is 0.